The Morgan fingerprint density at radius 2 is 2.06 bits per heavy atom. The smallest absolute Gasteiger partial charge is 0.289 e. The fourth-order valence-electron chi connectivity index (χ4n) is 1.14. The Morgan fingerprint density at radius 1 is 1.47 bits per heavy atom. The van der Waals surface area contributed by atoms with Gasteiger partial charge in [-0.3, -0.25) is 10.1 Å². The molecule has 1 unspecified atom stereocenters. The van der Waals surface area contributed by atoms with Gasteiger partial charge in [-0.25, -0.2) is 13.1 Å². The Labute approximate surface area is 98.3 Å². The minimum Gasteiger partial charge on any atom is -0.392 e. The predicted molar refractivity (Wildman–Crippen MR) is 60.0 cm³/mol. The van der Waals surface area contributed by atoms with Crippen molar-refractivity contribution < 1.29 is 18.4 Å². The zero-order valence-electron chi connectivity index (χ0n) is 9.03. The highest BCUT2D eigenvalue weighted by molar-refractivity contribution is 7.89. The van der Waals surface area contributed by atoms with Crippen LogP contribution in [0.2, 0.25) is 0 Å². The number of aliphatic hydroxyl groups is 1. The van der Waals surface area contributed by atoms with E-state index in [0.29, 0.717) is 0 Å². The van der Waals surface area contributed by atoms with Gasteiger partial charge in [0.1, 0.15) is 0 Å². The molecule has 0 aliphatic rings. The van der Waals surface area contributed by atoms with Gasteiger partial charge in [-0.05, 0) is 13.0 Å². The van der Waals surface area contributed by atoms with E-state index in [-0.39, 0.29) is 6.54 Å². The third-order valence-electron chi connectivity index (χ3n) is 1.92. The van der Waals surface area contributed by atoms with Gasteiger partial charge in [-0.15, -0.1) is 0 Å². The molecule has 0 aromatic heterocycles. The summed E-state index contributed by atoms with van der Waals surface area (Å²) in [7, 11) is -3.98. The molecule has 0 radical (unpaired) electrons. The summed E-state index contributed by atoms with van der Waals surface area (Å²) in [5.41, 5.74) is -0.495. The molecule has 0 aliphatic heterocycles. The van der Waals surface area contributed by atoms with Crippen molar-refractivity contribution in [3.8, 4) is 0 Å². The topological polar surface area (TPSA) is 110 Å². The van der Waals surface area contributed by atoms with E-state index in [1.54, 1.807) is 0 Å². The number of rotatable bonds is 5. The van der Waals surface area contributed by atoms with Crippen molar-refractivity contribution in [3.05, 3.63) is 34.4 Å². The van der Waals surface area contributed by atoms with Crippen molar-refractivity contribution in [1.82, 2.24) is 4.72 Å². The van der Waals surface area contributed by atoms with Crippen LogP contribution in [0.25, 0.3) is 0 Å². The van der Waals surface area contributed by atoms with E-state index in [1.807, 2.05) is 0 Å². The van der Waals surface area contributed by atoms with Crippen LogP contribution in [0, 0.1) is 10.1 Å². The van der Waals surface area contributed by atoms with Crippen molar-refractivity contribution in [2.45, 2.75) is 17.9 Å². The van der Waals surface area contributed by atoms with Crippen LogP contribution in [-0.4, -0.2) is 31.1 Å². The van der Waals surface area contributed by atoms with E-state index in [0.717, 1.165) is 12.1 Å². The van der Waals surface area contributed by atoms with Crippen molar-refractivity contribution in [2.75, 3.05) is 6.54 Å². The Bertz CT molecular complexity index is 512. The van der Waals surface area contributed by atoms with Crippen LogP contribution < -0.4 is 4.72 Å². The minimum atomic E-state index is -3.98. The Balaban J connectivity index is 3.11. The summed E-state index contributed by atoms with van der Waals surface area (Å²) in [6.45, 7) is 1.20. The maximum Gasteiger partial charge on any atom is 0.289 e. The second kappa shape index (κ2) is 5.21. The standard InChI is InChI=1S/C9H12N2O5S/c1-7(12)6-10-17(15,16)9-5-3-2-4-8(9)11(13)14/h2-5,7,10,12H,6H2,1H3. The van der Waals surface area contributed by atoms with Crippen LogP contribution in [0.1, 0.15) is 6.92 Å². The molecule has 17 heavy (non-hydrogen) atoms. The molecule has 0 amide bonds. The fourth-order valence-corrected chi connectivity index (χ4v) is 2.44. The number of aliphatic hydroxyl groups excluding tert-OH is 1. The number of hydrogen-bond donors (Lipinski definition) is 2. The van der Waals surface area contributed by atoms with Gasteiger partial charge in [0.25, 0.3) is 5.69 Å². The molecule has 1 atom stereocenters. The molecule has 0 fully saturated rings. The van der Waals surface area contributed by atoms with Gasteiger partial charge in [0, 0.05) is 12.6 Å². The molecule has 0 spiro atoms. The second-order valence-electron chi connectivity index (χ2n) is 3.43. The number of hydrogen-bond acceptors (Lipinski definition) is 5. The first-order chi connectivity index (χ1) is 7.84. The number of para-hydroxylation sites is 1. The number of nitrogens with zero attached hydrogens (tertiary/aromatic N) is 1. The largest absolute Gasteiger partial charge is 0.392 e. The monoisotopic (exact) mass is 260 g/mol. The molecule has 0 aliphatic carbocycles. The molecule has 8 heteroatoms. The number of sulfonamides is 1. The van der Waals surface area contributed by atoms with Crippen LogP contribution in [0.5, 0.6) is 0 Å². The molecule has 0 heterocycles. The summed E-state index contributed by atoms with van der Waals surface area (Å²) in [5, 5.41) is 19.7. The molecular formula is C9H12N2O5S. The average Bonchev–Trinajstić information content (AvgIpc) is 2.26. The molecule has 0 saturated carbocycles. The number of benzene rings is 1. The number of nitro benzene ring substituents is 1. The third kappa shape index (κ3) is 3.48. The normalized spacial score (nSPS) is 13.3. The molecular weight excluding hydrogens is 248 g/mol. The minimum absolute atomic E-state index is 0.200. The summed E-state index contributed by atoms with van der Waals surface area (Å²) in [4.78, 5) is 9.49. The predicted octanol–water partition coefficient (Wildman–Crippen LogP) is 0.254. The van der Waals surface area contributed by atoms with Gasteiger partial charge >= 0.3 is 0 Å². The highest BCUT2D eigenvalue weighted by Gasteiger charge is 2.24. The molecule has 94 valence electrons. The molecule has 1 aromatic carbocycles. The summed E-state index contributed by atoms with van der Waals surface area (Å²) >= 11 is 0. The van der Waals surface area contributed by atoms with Crippen molar-refractivity contribution >= 4 is 15.7 Å². The lowest BCUT2D eigenvalue weighted by molar-refractivity contribution is -0.387. The van der Waals surface area contributed by atoms with Gasteiger partial charge in [-0.1, -0.05) is 12.1 Å². The maximum atomic E-state index is 11.7. The lowest BCUT2D eigenvalue weighted by Crippen LogP contribution is -2.31. The highest BCUT2D eigenvalue weighted by atomic mass is 32.2. The first-order valence-corrected chi connectivity index (χ1v) is 6.24. The first-order valence-electron chi connectivity index (χ1n) is 4.76. The highest BCUT2D eigenvalue weighted by Crippen LogP contribution is 2.22. The second-order valence-corrected chi connectivity index (χ2v) is 5.16. The SMILES string of the molecule is CC(O)CNS(=O)(=O)c1ccccc1[N+](=O)[O-]. The van der Waals surface area contributed by atoms with E-state index >= 15 is 0 Å². The maximum absolute atomic E-state index is 11.7. The molecule has 2 N–H and O–H groups in total. The molecule has 0 bridgehead atoms. The molecule has 0 saturated heterocycles. The number of nitro groups is 1. The van der Waals surface area contributed by atoms with E-state index in [1.165, 1.54) is 19.1 Å². The van der Waals surface area contributed by atoms with Crippen LogP contribution >= 0.6 is 0 Å². The lowest BCUT2D eigenvalue weighted by Gasteiger charge is -2.08. The Kier molecular flexibility index (Phi) is 4.16. The van der Waals surface area contributed by atoms with E-state index < -0.39 is 31.6 Å². The van der Waals surface area contributed by atoms with Gasteiger partial charge < -0.3 is 5.11 Å². The zero-order chi connectivity index (χ0) is 13.1. The quantitative estimate of drug-likeness (QED) is 0.582. The summed E-state index contributed by atoms with van der Waals surface area (Å²) in [5.74, 6) is 0. The van der Waals surface area contributed by atoms with Crippen LogP contribution in [0.3, 0.4) is 0 Å². The van der Waals surface area contributed by atoms with Gasteiger partial charge in [0.2, 0.25) is 10.0 Å². The van der Waals surface area contributed by atoms with Crippen molar-refractivity contribution in [1.29, 1.82) is 0 Å². The Hall–Kier alpha value is -1.51. The van der Waals surface area contributed by atoms with Crippen molar-refractivity contribution in [3.63, 3.8) is 0 Å². The number of nitrogens with one attached hydrogen (secondary N) is 1. The van der Waals surface area contributed by atoms with Crippen molar-refractivity contribution in [2.24, 2.45) is 0 Å². The fraction of sp³-hybridized carbons (Fsp3) is 0.333. The summed E-state index contributed by atoms with van der Waals surface area (Å²) in [6.07, 6.45) is -0.868. The average molecular weight is 260 g/mol. The van der Waals surface area contributed by atoms with Crippen LogP contribution in [0.4, 0.5) is 5.69 Å². The first kappa shape index (κ1) is 13.6. The Morgan fingerprint density at radius 3 is 2.59 bits per heavy atom. The zero-order valence-corrected chi connectivity index (χ0v) is 9.85. The van der Waals surface area contributed by atoms with E-state index in [2.05, 4.69) is 4.72 Å². The lowest BCUT2D eigenvalue weighted by atomic mass is 10.3. The van der Waals surface area contributed by atoms with Gasteiger partial charge in [0.05, 0.1) is 11.0 Å². The van der Waals surface area contributed by atoms with Crippen LogP contribution in [-0.2, 0) is 10.0 Å². The van der Waals surface area contributed by atoms with Gasteiger partial charge in [0.15, 0.2) is 4.90 Å². The molecule has 7 nitrogen and oxygen atoms in total. The van der Waals surface area contributed by atoms with Gasteiger partial charge in [-0.2, -0.15) is 0 Å². The van der Waals surface area contributed by atoms with Crippen LogP contribution in [0.15, 0.2) is 29.2 Å². The molecule has 1 aromatic rings. The van der Waals surface area contributed by atoms with E-state index in [4.69, 9.17) is 5.11 Å². The van der Waals surface area contributed by atoms with E-state index in [9.17, 15) is 18.5 Å². The molecule has 1 rings (SSSR count). The summed E-state index contributed by atoms with van der Waals surface area (Å²) in [6, 6.07) is 5.02. The summed E-state index contributed by atoms with van der Waals surface area (Å²) < 4.78 is 25.6. The third-order valence-corrected chi connectivity index (χ3v) is 3.39.